The van der Waals surface area contributed by atoms with Gasteiger partial charge in [-0.2, -0.15) is 0 Å². The highest BCUT2D eigenvalue weighted by Crippen LogP contribution is 2.26. The van der Waals surface area contributed by atoms with Crippen LogP contribution in [0.5, 0.6) is 0 Å². The Labute approximate surface area is 209 Å². The van der Waals surface area contributed by atoms with Gasteiger partial charge in [-0.3, -0.25) is 9.59 Å². The fraction of sp³-hybridized carbons (Fsp3) is 0.286. The standard InChI is InChI=1S/C28H31BrN2O3/c1-19(2)17-20-3-7-22(8-4-20)26(18-21-5-11-24(29)12-6-21)31-25-13-9-23(10-14-25)28(34)30-16-15-27(32)33/h3-14,19,26,31H,15-18H2,1-2H3,(H,30,34)(H,32,33). The number of rotatable bonds is 11. The van der Waals surface area contributed by atoms with Gasteiger partial charge in [-0.1, -0.05) is 66.2 Å². The molecule has 5 nitrogen and oxygen atoms in total. The normalized spacial score (nSPS) is 11.8. The largest absolute Gasteiger partial charge is 0.481 e. The average molecular weight is 523 g/mol. The first-order chi connectivity index (χ1) is 16.3. The summed E-state index contributed by atoms with van der Waals surface area (Å²) in [5.74, 6) is -0.601. The van der Waals surface area contributed by atoms with Gasteiger partial charge in [-0.05, 0) is 71.8 Å². The molecule has 0 fully saturated rings. The molecule has 0 bridgehead atoms. The fourth-order valence-corrected chi connectivity index (χ4v) is 4.03. The highest BCUT2D eigenvalue weighted by molar-refractivity contribution is 9.10. The molecule has 3 aromatic rings. The summed E-state index contributed by atoms with van der Waals surface area (Å²) >= 11 is 3.50. The molecule has 0 saturated heterocycles. The van der Waals surface area contributed by atoms with E-state index in [1.54, 1.807) is 12.1 Å². The van der Waals surface area contributed by atoms with Gasteiger partial charge in [0.25, 0.3) is 5.91 Å². The molecule has 3 aromatic carbocycles. The smallest absolute Gasteiger partial charge is 0.305 e. The summed E-state index contributed by atoms with van der Waals surface area (Å²) < 4.78 is 1.05. The van der Waals surface area contributed by atoms with Gasteiger partial charge in [-0.25, -0.2) is 0 Å². The predicted molar refractivity (Wildman–Crippen MR) is 140 cm³/mol. The van der Waals surface area contributed by atoms with Gasteiger partial charge in [0.05, 0.1) is 12.5 Å². The van der Waals surface area contributed by atoms with E-state index >= 15 is 0 Å². The van der Waals surface area contributed by atoms with Gasteiger partial charge in [0.15, 0.2) is 0 Å². The molecule has 6 heteroatoms. The number of hydrogen-bond donors (Lipinski definition) is 3. The van der Waals surface area contributed by atoms with Crippen LogP contribution in [0, 0.1) is 5.92 Å². The Morgan fingerprint density at radius 1 is 0.853 bits per heavy atom. The van der Waals surface area contributed by atoms with Crippen LogP contribution in [0.15, 0.2) is 77.3 Å². The molecule has 0 aliphatic heterocycles. The lowest BCUT2D eigenvalue weighted by Crippen LogP contribution is -2.25. The first-order valence-corrected chi connectivity index (χ1v) is 12.3. The van der Waals surface area contributed by atoms with Crippen LogP contribution < -0.4 is 10.6 Å². The Bertz CT molecular complexity index is 1080. The number of carbonyl (C=O) groups excluding carboxylic acids is 1. The number of anilines is 1. The lowest BCUT2D eigenvalue weighted by atomic mass is 9.95. The maximum Gasteiger partial charge on any atom is 0.305 e. The highest BCUT2D eigenvalue weighted by atomic mass is 79.9. The molecule has 34 heavy (non-hydrogen) atoms. The van der Waals surface area contributed by atoms with E-state index in [0.29, 0.717) is 11.5 Å². The van der Waals surface area contributed by atoms with Crippen LogP contribution in [-0.4, -0.2) is 23.5 Å². The summed E-state index contributed by atoms with van der Waals surface area (Å²) in [5.41, 5.74) is 5.17. The molecule has 3 N–H and O–H groups in total. The summed E-state index contributed by atoms with van der Waals surface area (Å²) in [5, 5.41) is 15.0. The second kappa shape index (κ2) is 12.4. The molecule has 0 aliphatic carbocycles. The van der Waals surface area contributed by atoms with Gasteiger partial charge in [0.2, 0.25) is 0 Å². The Hall–Kier alpha value is -3.12. The first kappa shape index (κ1) is 25.5. The third-order valence-electron chi connectivity index (χ3n) is 5.49. The van der Waals surface area contributed by atoms with E-state index < -0.39 is 5.97 Å². The van der Waals surface area contributed by atoms with Crippen LogP contribution in [0.4, 0.5) is 5.69 Å². The van der Waals surface area contributed by atoms with Gasteiger partial charge >= 0.3 is 5.97 Å². The van der Waals surface area contributed by atoms with Crippen molar-refractivity contribution < 1.29 is 14.7 Å². The zero-order valence-corrected chi connectivity index (χ0v) is 21.1. The molecule has 0 aliphatic rings. The highest BCUT2D eigenvalue weighted by Gasteiger charge is 2.14. The lowest BCUT2D eigenvalue weighted by Gasteiger charge is -2.22. The molecule has 0 aromatic heterocycles. The second-order valence-corrected chi connectivity index (χ2v) is 9.76. The van der Waals surface area contributed by atoms with Crippen LogP contribution in [0.2, 0.25) is 0 Å². The summed E-state index contributed by atoms with van der Waals surface area (Å²) in [6.45, 7) is 4.56. The number of benzene rings is 3. The number of carbonyl (C=O) groups is 2. The molecule has 3 rings (SSSR count). The molecule has 0 spiro atoms. The van der Waals surface area contributed by atoms with Crippen LogP contribution in [0.25, 0.3) is 0 Å². The third kappa shape index (κ3) is 8.03. The fourth-order valence-electron chi connectivity index (χ4n) is 3.77. The Kier molecular flexibility index (Phi) is 9.28. The second-order valence-electron chi connectivity index (χ2n) is 8.84. The minimum atomic E-state index is -0.936. The number of hydrogen-bond acceptors (Lipinski definition) is 3. The lowest BCUT2D eigenvalue weighted by molar-refractivity contribution is -0.136. The van der Waals surface area contributed by atoms with E-state index in [1.807, 2.05) is 12.1 Å². The van der Waals surface area contributed by atoms with Gasteiger partial charge in [0, 0.05) is 22.3 Å². The molecule has 1 atom stereocenters. The van der Waals surface area contributed by atoms with Crippen molar-refractivity contribution in [2.24, 2.45) is 5.92 Å². The van der Waals surface area contributed by atoms with E-state index in [2.05, 4.69) is 88.9 Å². The Balaban J connectivity index is 1.74. The Morgan fingerprint density at radius 2 is 1.44 bits per heavy atom. The van der Waals surface area contributed by atoms with Crippen molar-refractivity contribution in [1.82, 2.24) is 5.32 Å². The molecule has 0 saturated carbocycles. The molecular formula is C28H31BrN2O3. The number of amides is 1. The van der Waals surface area contributed by atoms with Crippen LogP contribution in [0.1, 0.15) is 53.4 Å². The quantitative estimate of drug-likeness (QED) is 0.278. The molecule has 0 radical (unpaired) electrons. The van der Waals surface area contributed by atoms with Crippen molar-refractivity contribution in [3.8, 4) is 0 Å². The predicted octanol–water partition coefficient (Wildman–Crippen LogP) is 6.25. The van der Waals surface area contributed by atoms with Crippen molar-refractivity contribution in [3.05, 3.63) is 99.5 Å². The minimum absolute atomic E-state index is 0.0597. The number of nitrogens with one attached hydrogen (secondary N) is 2. The molecule has 1 unspecified atom stereocenters. The number of carboxylic acids is 1. The van der Waals surface area contributed by atoms with E-state index in [4.69, 9.17) is 5.11 Å². The van der Waals surface area contributed by atoms with E-state index in [0.717, 1.165) is 23.0 Å². The van der Waals surface area contributed by atoms with Gasteiger partial charge in [-0.15, -0.1) is 0 Å². The molecule has 178 valence electrons. The van der Waals surface area contributed by atoms with Crippen LogP contribution in [0.3, 0.4) is 0 Å². The zero-order chi connectivity index (χ0) is 24.5. The van der Waals surface area contributed by atoms with Crippen molar-refractivity contribution in [2.45, 2.75) is 39.2 Å². The van der Waals surface area contributed by atoms with Crippen LogP contribution >= 0.6 is 15.9 Å². The van der Waals surface area contributed by atoms with Gasteiger partial charge < -0.3 is 15.7 Å². The maximum absolute atomic E-state index is 12.2. The first-order valence-electron chi connectivity index (χ1n) is 11.5. The summed E-state index contributed by atoms with van der Waals surface area (Å²) in [6.07, 6.45) is 1.77. The summed E-state index contributed by atoms with van der Waals surface area (Å²) in [7, 11) is 0. The molecule has 1 amide bonds. The number of halogens is 1. The molecular weight excluding hydrogens is 492 g/mol. The van der Waals surface area contributed by atoms with E-state index in [1.165, 1.54) is 16.7 Å². The van der Waals surface area contributed by atoms with E-state index in [9.17, 15) is 9.59 Å². The topological polar surface area (TPSA) is 78.4 Å². The van der Waals surface area contributed by atoms with Crippen molar-refractivity contribution in [3.63, 3.8) is 0 Å². The zero-order valence-electron chi connectivity index (χ0n) is 19.6. The van der Waals surface area contributed by atoms with Crippen LogP contribution in [-0.2, 0) is 17.6 Å². The Morgan fingerprint density at radius 3 is 2.03 bits per heavy atom. The van der Waals surface area contributed by atoms with Gasteiger partial charge in [0.1, 0.15) is 0 Å². The van der Waals surface area contributed by atoms with Crippen molar-refractivity contribution >= 4 is 33.5 Å². The third-order valence-corrected chi connectivity index (χ3v) is 6.02. The van der Waals surface area contributed by atoms with E-state index in [-0.39, 0.29) is 24.9 Å². The SMILES string of the molecule is CC(C)Cc1ccc(C(Cc2ccc(Br)cc2)Nc2ccc(C(=O)NCCC(=O)O)cc2)cc1. The number of aliphatic carboxylic acids is 1. The van der Waals surface area contributed by atoms with Crippen molar-refractivity contribution in [1.29, 1.82) is 0 Å². The number of carboxylic acid groups (broad SMARTS) is 1. The van der Waals surface area contributed by atoms with Crippen molar-refractivity contribution in [2.75, 3.05) is 11.9 Å². The molecule has 0 heterocycles. The maximum atomic E-state index is 12.2. The average Bonchev–Trinajstić information content (AvgIpc) is 2.80. The summed E-state index contributed by atoms with van der Waals surface area (Å²) in [6, 6.07) is 24.5. The summed E-state index contributed by atoms with van der Waals surface area (Å²) in [4.78, 5) is 22.9. The monoisotopic (exact) mass is 522 g/mol. The minimum Gasteiger partial charge on any atom is -0.481 e.